The molecule has 3 N–H and O–H groups in total. The third kappa shape index (κ3) is 7.74. The Bertz CT molecular complexity index is 1440. The summed E-state index contributed by atoms with van der Waals surface area (Å²) in [6.07, 6.45) is 0.793. The summed E-state index contributed by atoms with van der Waals surface area (Å²) in [7, 11) is 0. The number of rotatable bonds is 13. The fourth-order valence-corrected chi connectivity index (χ4v) is 4.23. The fraction of sp³-hybridized carbons (Fsp3) is 0.467. The van der Waals surface area contributed by atoms with Crippen LogP contribution in [0.2, 0.25) is 0 Å². The van der Waals surface area contributed by atoms with Gasteiger partial charge in [-0.2, -0.15) is 0 Å². The van der Waals surface area contributed by atoms with Crippen LogP contribution in [0.1, 0.15) is 55.3 Å². The maximum absolute atomic E-state index is 11.5. The van der Waals surface area contributed by atoms with Gasteiger partial charge in [0.2, 0.25) is 5.91 Å². The van der Waals surface area contributed by atoms with Crippen LogP contribution >= 0.6 is 0 Å². The van der Waals surface area contributed by atoms with E-state index in [1.54, 1.807) is 13.8 Å². The molecule has 0 atom stereocenters. The predicted molar refractivity (Wildman–Crippen MR) is 157 cm³/mol. The summed E-state index contributed by atoms with van der Waals surface area (Å²) in [6, 6.07) is 12.2. The van der Waals surface area contributed by atoms with Crippen molar-refractivity contribution in [3.05, 3.63) is 59.2 Å². The number of nitrogens with two attached hydrogens (primary N) is 1. The number of carbonyl (C=O) groups is 2. The van der Waals surface area contributed by atoms with E-state index < -0.39 is 5.54 Å². The summed E-state index contributed by atoms with van der Waals surface area (Å²) in [5, 5.41) is 3.18. The molecule has 10 nitrogen and oxygen atoms in total. The topological polar surface area (TPSA) is 126 Å². The van der Waals surface area contributed by atoms with Gasteiger partial charge in [-0.15, -0.1) is 0 Å². The molecule has 0 radical (unpaired) electrons. The lowest BCUT2D eigenvalue weighted by molar-refractivity contribution is -0.123. The molecule has 0 bridgehead atoms. The number of amides is 1. The summed E-state index contributed by atoms with van der Waals surface area (Å²) in [6.45, 7) is 16.0. The van der Waals surface area contributed by atoms with E-state index in [1.807, 2.05) is 55.7 Å². The zero-order valence-corrected chi connectivity index (χ0v) is 24.5. The maximum atomic E-state index is 11.5. The van der Waals surface area contributed by atoms with Crippen molar-refractivity contribution in [1.29, 1.82) is 0 Å². The van der Waals surface area contributed by atoms with Crippen LogP contribution < -0.4 is 11.1 Å². The van der Waals surface area contributed by atoms with Gasteiger partial charge < -0.3 is 24.3 Å². The van der Waals surface area contributed by atoms with Crippen LogP contribution in [0.25, 0.3) is 22.1 Å². The van der Waals surface area contributed by atoms with E-state index in [4.69, 9.17) is 15.2 Å². The Morgan fingerprint density at radius 2 is 1.45 bits per heavy atom. The first-order valence-electron chi connectivity index (χ1n) is 13.7. The monoisotopic (exact) mass is 550 g/mol. The number of ether oxygens (including phenoxy) is 2. The van der Waals surface area contributed by atoms with Gasteiger partial charge in [0.1, 0.15) is 5.82 Å². The Kier molecular flexibility index (Phi) is 10.9. The molecule has 40 heavy (non-hydrogen) atoms. The standard InChI is InChI=1S/C17H26N4O2.C13H16N2O2/c1-5-23-9-8-21-14-10-12(2)6-7-13(14)20-15(21)11-19-17(3,4)16(18)22;1-3-17-7-6-15-12-8-10(2)4-5-11(12)14-13(15)9-16/h6-7,10,19H,5,8-9,11H2,1-4H3,(H2,18,22);4-5,8-9H,3,6-7H2,1-2H3. The number of aryl methyl sites for hydroxylation is 2. The van der Waals surface area contributed by atoms with Crippen LogP contribution in [0.4, 0.5) is 0 Å². The molecule has 2 aromatic heterocycles. The summed E-state index contributed by atoms with van der Waals surface area (Å²) < 4.78 is 14.9. The van der Waals surface area contributed by atoms with Gasteiger partial charge in [0.05, 0.1) is 47.4 Å². The van der Waals surface area contributed by atoms with E-state index in [0.29, 0.717) is 45.3 Å². The van der Waals surface area contributed by atoms with Crippen LogP contribution in [0.3, 0.4) is 0 Å². The predicted octanol–water partition coefficient (Wildman–Crippen LogP) is 3.93. The van der Waals surface area contributed by atoms with Gasteiger partial charge in [0.15, 0.2) is 12.1 Å². The van der Waals surface area contributed by atoms with E-state index in [9.17, 15) is 9.59 Å². The number of aldehydes is 1. The van der Waals surface area contributed by atoms with Crippen molar-refractivity contribution < 1.29 is 19.1 Å². The van der Waals surface area contributed by atoms with Crippen LogP contribution in [-0.4, -0.2) is 63.3 Å². The smallest absolute Gasteiger partial charge is 0.237 e. The number of hydrogen-bond donors (Lipinski definition) is 2. The summed E-state index contributed by atoms with van der Waals surface area (Å²) in [5.74, 6) is 0.954. The highest BCUT2D eigenvalue weighted by Crippen LogP contribution is 2.19. The fourth-order valence-electron chi connectivity index (χ4n) is 4.23. The highest BCUT2D eigenvalue weighted by Gasteiger charge is 2.25. The van der Waals surface area contributed by atoms with Crippen molar-refractivity contribution in [1.82, 2.24) is 24.4 Å². The number of carbonyl (C=O) groups excluding carboxylic acids is 2. The van der Waals surface area contributed by atoms with Crippen LogP contribution in [0.5, 0.6) is 0 Å². The molecule has 0 fully saturated rings. The molecule has 0 aliphatic rings. The molecule has 0 aliphatic heterocycles. The first kappa shape index (κ1) is 30.9. The van der Waals surface area contributed by atoms with Crippen molar-refractivity contribution in [3.8, 4) is 0 Å². The van der Waals surface area contributed by atoms with Gasteiger partial charge in [-0.05, 0) is 76.9 Å². The third-order valence-electron chi connectivity index (χ3n) is 6.65. The molecule has 1 amide bonds. The van der Waals surface area contributed by atoms with E-state index in [-0.39, 0.29) is 5.91 Å². The number of hydrogen-bond acceptors (Lipinski definition) is 7. The molecule has 2 heterocycles. The van der Waals surface area contributed by atoms with Crippen molar-refractivity contribution in [3.63, 3.8) is 0 Å². The highest BCUT2D eigenvalue weighted by molar-refractivity contribution is 5.84. The lowest BCUT2D eigenvalue weighted by Gasteiger charge is -2.22. The Labute approximate surface area is 235 Å². The largest absolute Gasteiger partial charge is 0.380 e. The lowest BCUT2D eigenvalue weighted by Crippen LogP contribution is -2.50. The number of nitrogens with one attached hydrogen (secondary N) is 1. The SMILES string of the molecule is CCOCCn1c(C=O)nc2ccc(C)cc21.CCOCCn1c(CNC(C)(C)C(N)=O)nc2ccc(C)cc21. The van der Waals surface area contributed by atoms with Crippen molar-refractivity contribution in [2.45, 2.75) is 66.7 Å². The average molecular weight is 551 g/mol. The maximum Gasteiger partial charge on any atom is 0.237 e. The number of aromatic nitrogens is 4. The molecule has 0 aliphatic carbocycles. The van der Waals surface area contributed by atoms with Gasteiger partial charge >= 0.3 is 0 Å². The highest BCUT2D eigenvalue weighted by atomic mass is 16.5. The summed E-state index contributed by atoms with van der Waals surface area (Å²) in [4.78, 5) is 31.4. The number of imidazole rings is 2. The second-order valence-corrected chi connectivity index (χ2v) is 10.1. The zero-order valence-electron chi connectivity index (χ0n) is 24.5. The molecule has 10 heteroatoms. The molecular weight excluding hydrogens is 508 g/mol. The molecule has 0 spiro atoms. The normalized spacial score (nSPS) is 11.6. The molecule has 4 rings (SSSR count). The summed E-state index contributed by atoms with van der Waals surface area (Å²) >= 11 is 0. The second-order valence-electron chi connectivity index (χ2n) is 10.1. The molecule has 0 saturated carbocycles. The van der Waals surface area contributed by atoms with Gasteiger partial charge in [0.25, 0.3) is 0 Å². The Hall–Kier alpha value is -3.60. The van der Waals surface area contributed by atoms with Gasteiger partial charge in [-0.3, -0.25) is 14.9 Å². The van der Waals surface area contributed by atoms with Gasteiger partial charge in [-0.25, -0.2) is 9.97 Å². The number of primary amides is 1. The lowest BCUT2D eigenvalue weighted by atomic mass is 10.1. The van der Waals surface area contributed by atoms with Crippen LogP contribution in [0, 0.1) is 13.8 Å². The minimum Gasteiger partial charge on any atom is -0.380 e. The van der Waals surface area contributed by atoms with E-state index in [2.05, 4.69) is 32.8 Å². The third-order valence-corrected chi connectivity index (χ3v) is 6.65. The minimum atomic E-state index is -0.779. The average Bonchev–Trinajstić information content (AvgIpc) is 3.45. The first-order valence-corrected chi connectivity index (χ1v) is 13.7. The number of benzene rings is 2. The van der Waals surface area contributed by atoms with Crippen LogP contribution in [-0.2, 0) is 33.9 Å². The molecular formula is C30H42N6O4. The molecule has 0 unspecified atom stereocenters. The van der Waals surface area contributed by atoms with Crippen molar-refractivity contribution in [2.75, 3.05) is 26.4 Å². The molecule has 216 valence electrons. The quantitative estimate of drug-likeness (QED) is 0.191. The van der Waals surface area contributed by atoms with Gasteiger partial charge in [0, 0.05) is 26.3 Å². The Balaban J connectivity index is 0.000000230. The van der Waals surface area contributed by atoms with E-state index >= 15 is 0 Å². The summed E-state index contributed by atoms with van der Waals surface area (Å²) in [5.41, 5.74) is 10.9. The van der Waals surface area contributed by atoms with Gasteiger partial charge in [-0.1, -0.05) is 12.1 Å². The molecule has 0 saturated heterocycles. The van der Waals surface area contributed by atoms with Crippen LogP contribution in [0.15, 0.2) is 36.4 Å². The minimum absolute atomic E-state index is 0.384. The van der Waals surface area contributed by atoms with E-state index in [1.165, 1.54) is 5.56 Å². The second kappa shape index (κ2) is 14.2. The number of fused-ring (bicyclic) bond motifs is 2. The first-order chi connectivity index (χ1) is 19.1. The zero-order chi connectivity index (χ0) is 29.3. The Morgan fingerprint density at radius 3 is 1.98 bits per heavy atom. The van der Waals surface area contributed by atoms with E-state index in [0.717, 1.165) is 46.3 Å². The molecule has 2 aromatic carbocycles. The van der Waals surface area contributed by atoms with Crippen molar-refractivity contribution >= 4 is 34.3 Å². The number of nitrogens with zero attached hydrogens (tertiary/aromatic N) is 4. The Morgan fingerprint density at radius 1 is 0.925 bits per heavy atom. The molecule has 4 aromatic rings. The van der Waals surface area contributed by atoms with Crippen molar-refractivity contribution in [2.24, 2.45) is 5.73 Å².